The number of nitrogens with zero attached hydrogens (tertiary/aromatic N) is 2. The number of nitrogens with one attached hydrogen (secondary N) is 1. The molecule has 4 nitrogen and oxygen atoms in total. The summed E-state index contributed by atoms with van der Waals surface area (Å²) in [6.07, 6.45) is 3.67. The minimum atomic E-state index is 0.751. The van der Waals surface area contributed by atoms with Crippen molar-refractivity contribution in [3.63, 3.8) is 0 Å². The molecule has 0 bridgehead atoms. The lowest BCUT2D eigenvalue weighted by atomic mass is 10.3. The van der Waals surface area contributed by atoms with E-state index in [4.69, 9.17) is 9.40 Å². The van der Waals surface area contributed by atoms with Crippen LogP contribution < -0.4 is 5.32 Å². The molecule has 4 heteroatoms. The first-order valence-corrected chi connectivity index (χ1v) is 7.16. The van der Waals surface area contributed by atoms with E-state index in [-0.39, 0.29) is 0 Å². The minimum absolute atomic E-state index is 0.751. The fourth-order valence-electron chi connectivity index (χ4n) is 2.57. The molecule has 1 aromatic carbocycles. The minimum Gasteiger partial charge on any atom is -0.463 e. The van der Waals surface area contributed by atoms with Gasteiger partial charge in [-0.25, -0.2) is 4.98 Å². The molecule has 3 heterocycles. The molecule has 0 fully saturated rings. The number of fused-ring (bicyclic) bond motifs is 1. The smallest absolute Gasteiger partial charge is 0.156 e. The Morgan fingerprint density at radius 3 is 2.64 bits per heavy atom. The molecule has 108 valence electrons. The van der Waals surface area contributed by atoms with Crippen molar-refractivity contribution in [2.45, 2.75) is 6.92 Å². The van der Waals surface area contributed by atoms with Gasteiger partial charge in [0, 0.05) is 11.9 Å². The fourth-order valence-corrected chi connectivity index (χ4v) is 2.57. The van der Waals surface area contributed by atoms with Gasteiger partial charge in [-0.3, -0.25) is 4.40 Å². The summed E-state index contributed by atoms with van der Waals surface area (Å²) < 4.78 is 7.61. The number of hydrogen-bond acceptors (Lipinski definition) is 3. The Bertz CT molecular complexity index is 908. The van der Waals surface area contributed by atoms with Gasteiger partial charge in [0.25, 0.3) is 0 Å². The topological polar surface area (TPSA) is 42.5 Å². The molecule has 0 unspecified atom stereocenters. The molecule has 0 spiro atoms. The Morgan fingerprint density at radius 2 is 1.86 bits per heavy atom. The first kappa shape index (κ1) is 12.7. The quantitative estimate of drug-likeness (QED) is 0.597. The highest BCUT2D eigenvalue weighted by atomic mass is 16.3. The van der Waals surface area contributed by atoms with Crippen molar-refractivity contribution >= 4 is 17.2 Å². The van der Waals surface area contributed by atoms with Gasteiger partial charge in [-0.05, 0) is 42.8 Å². The van der Waals surface area contributed by atoms with Gasteiger partial charge in [0.15, 0.2) is 5.76 Å². The summed E-state index contributed by atoms with van der Waals surface area (Å²) in [7, 11) is 0. The molecule has 0 saturated heterocycles. The first-order valence-electron chi connectivity index (χ1n) is 7.16. The summed E-state index contributed by atoms with van der Waals surface area (Å²) in [5.74, 6) is 1.65. The van der Waals surface area contributed by atoms with Crippen molar-refractivity contribution in [1.29, 1.82) is 0 Å². The molecule has 0 saturated carbocycles. The second kappa shape index (κ2) is 5.07. The van der Waals surface area contributed by atoms with Crippen molar-refractivity contribution < 1.29 is 4.42 Å². The number of imidazole rings is 1. The molecule has 0 amide bonds. The van der Waals surface area contributed by atoms with Crippen LogP contribution in [0.4, 0.5) is 11.5 Å². The Balaban J connectivity index is 1.94. The summed E-state index contributed by atoms with van der Waals surface area (Å²) in [6.45, 7) is 2.06. The fraction of sp³-hybridized carbons (Fsp3) is 0.0556. The van der Waals surface area contributed by atoms with Crippen LogP contribution in [0.2, 0.25) is 0 Å². The first-order chi connectivity index (χ1) is 10.8. The van der Waals surface area contributed by atoms with Crippen molar-refractivity contribution in [1.82, 2.24) is 9.38 Å². The normalized spacial score (nSPS) is 11.0. The van der Waals surface area contributed by atoms with Gasteiger partial charge in [-0.1, -0.05) is 24.3 Å². The van der Waals surface area contributed by atoms with Crippen molar-refractivity contribution in [3.05, 3.63) is 72.6 Å². The summed E-state index contributed by atoms with van der Waals surface area (Å²) in [5.41, 5.74) is 3.87. The van der Waals surface area contributed by atoms with Crippen LogP contribution >= 0.6 is 0 Å². The highest BCUT2D eigenvalue weighted by molar-refractivity contribution is 5.78. The third kappa shape index (κ3) is 2.05. The van der Waals surface area contributed by atoms with Crippen LogP contribution in [0.5, 0.6) is 0 Å². The molecule has 4 aromatic rings. The SMILES string of the molecule is Cc1cccn2c(Nc3ccccc3)c(-c3ccco3)nc12. The van der Waals surface area contributed by atoms with Crippen LogP contribution in [-0.4, -0.2) is 9.38 Å². The number of furan rings is 1. The number of pyridine rings is 1. The van der Waals surface area contributed by atoms with Crippen LogP contribution in [0.15, 0.2) is 71.5 Å². The van der Waals surface area contributed by atoms with E-state index in [0.717, 1.165) is 34.2 Å². The Kier molecular flexibility index (Phi) is 2.93. The number of rotatable bonds is 3. The molecule has 1 N–H and O–H groups in total. The average Bonchev–Trinajstić information content (AvgIpc) is 3.17. The zero-order valence-electron chi connectivity index (χ0n) is 12.2. The van der Waals surface area contributed by atoms with Crippen molar-refractivity contribution in [3.8, 4) is 11.5 Å². The molecule has 0 aliphatic rings. The van der Waals surface area contributed by atoms with Gasteiger partial charge in [-0.15, -0.1) is 0 Å². The molecule has 22 heavy (non-hydrogen) atoms. The second-order valence-electron chi connectivity index (χ2n) is 5.16. The molecular weight excluding hydrogens is 274 g/mol. The van der Waals surface area contributed by atoms with E-state index in [1.165, 1.54) is 0 Å². The van der Waals surface area contributed by atoms with Crippen LogP contribution in [0.1, 0.15) is 5.56 Å². The molecule has 4 rings (SSSR count). The van der Waals surface area contributed by atoms with Crippen LogP contribution in [0.25, 0.3) is 17.1 Å². The van der Waals surface area contributed by atoms with Gasteiger partial charge in [0.2, 0.25) is 0 Å². The lowest BCUT2D eigenvalue weighted by Crippen LogP contribution is -1.96. The van der Waals surface area contributed by atoms with E-state index >= 15 is 0 Å². The summed E-state index contributed by atoms with van der Waals surface area (Å²) in [5, 5.41) is 3.45. The van der Waals surface area contributed by atoms with Gasteiger partial charge < -0.3 is 9.73 Å². The number of para-hydroxylation sites is 1. The van der Waals surface area contributed by atoms with Crippen LogP contribution in [-0.2, 0) is 0 Å². The standard InChI is InChI=1S/C18H15N3O/c1-13-7-5-11-21-17(13)20-16(15-10-6-12-22-15)18(21)19-14-8-3-2-4-9-14/h2-12,19H,1H3. The summed E-state index contributed by atoms with van der Waals surface area (Å²) in [6, 6.07) is 17.9. The third-order valence-electron chi connectivity index (χ3n) is 3.64. The lowest BCUT2D eigenvalue weighted by molar-refractivity contribution is 0.581. The monoisotopic (exact) mass is 289 g/mol. The highest BCUT2D eigenvalue weighted by Crippen LogP contribution is 2.32. The molecule has 0 radical (unpaired) electrons. The predicted octanol–water partition coefficient (Wildman–Crippen LogP) is 4.65. The molecule has 0 aliphatic heterocycles. The van der Waals surface area contributed by atoms with Gasteiger partial charge in [0.05, 0.1) is 6.26 Å². The Morgan fingerprint density at radius 1 is 1.00 bits per heavy atom. The van der Waals surface area contributed by atoms with Gasteiger partial charge in [0.1, 0.15) is 17.2 Å². The van der Waals surface area contributed by atoms with E-state index < -0.39 is 0 Å². The van der Waals surface area contributed by atoms with E-state index in [1.54, 1.807) is 6.26 Å². The van der Waals surface area contributed by atoms with E-state index in [0.29, 0.717) is 0 Å². The predicted molar refractivity (Wildman–Crippen MR) is 87.4 cm³/mol. The van der Waals surface area contributed by atoms with E-state index in [9.17, 15) is 0 Å². The largest absolute Gasteiger partial charge is 0.463 e. The molecule has 3 aromatic heterocycles. The number of aryl methyl sites for hydroxylation is 1. The zero-order valence-corrected chi connectivity index (χ0v) is 12.2. The lowest BCUT2D eigenvalue weighted by Gasteiger charge is -2.08. The Labute approximate surface area is 128 Å². The zero-order chi connectivity index (χ0) is 14.9. The number of benzene rings is 1. The van der Waals surface area contributed by atoms with E-state index in [1.807, 2.05) is 54.7 Å². The second-order valence-corrected chi connectivity index (χ2v) is 5.16. The molecule has 0 atom stereocenters. The summed E-state index contributed by atoms with van der Waals surface area (Å²) >= 11 is 0. The Hall–Kier alpha value is -3.01. The molecular formula is C18H15N3O. The van der Waals surface area contributed by atoms with Gasteiger partial charge in [-0.2, -0.15) is 0 Å². The number of hydrogen-bond donors (Lipinski definition) is 1. The van der Waals surface area contributed by atoms with Crippen LogP contribution in [0.3, 0.4) is 0 Å². The number of aromatic nitrogens is 2. The van der Waals surface area contributed by atoms with Crippen LogP contribution in [0, 0.1) is 6.92 Å². The maximum atomic E-state index is 5.55. The van der Waals surface area contributed by atoms with Crippen molar-refractivity contribution in [2.24, 2.45) is 0 Å². The maximum Gasteiger partial charge on any atom is 0.156 e. The maximum absolute atomic E-state index is 5.55. The number of anilines is 2. The molecule has 0 aliphatic carbocycles. The van der Waals surface area contributed by atoms with Crippen molar-refractivity contribution in [2.75, 3.05) is 5.32 Å². The van der Waals surface area contributed by atoms with Gasteiger partial charge >= 0.3 is 0 Å². The average molecular weight is 289 g/mol. The van der Waals surface area contributed by atoms with E-state index in [2.05, 4.69) is 22.7 Å². The highest BCUT2D eigenvalue weighted by Gasteiger charge is 2.17. The third-order valence-corrected chi connectivity index (χ3v) is 3.64. The summed E-state index contributed by atoms with van der Waals surface area (Å²) in [4.78, 5) is 4.76.